The van der Waals surface area contributed by atoms with E-state index in [0.717, 1.165) is 17.5 Å². The van der Waals surface area contributed by atoms with Crippen LogP contribution in [0.2, 0.25) is 0 Å². The van der Waals surface area contributed by atoms with Gasteiger partial charge in [0.25, 0.3) is 0 Å². The second kappa shape index (κ2) is 6.20. The van der Waals surface area contributed by atoms with Gasteiger partial charge in [-0.2, -0.15) is 0 Å². The van der Waals surface area contributed by atoms with Crippen molar-refractivity contribution < 1.29 is 14.0 Å². The molecule has 0 aliphatic heterocycles. The summed E-state index contributed by atoms with van der Waals surface area (Å²) in [5.41, 5.74) is 7.48. The van der Waals surface area contributed by atoms with Crippen molar-refractivity contribution in [2.24, 2.45) is 11.7 Å². The average Bonchev–Trinajstić information content (AvgIpc) is 3.34. The van der Waals surface area contributed by atoms with Gasteiger partial charge < -0.3 is 11.1 Å². The third kappa shape index (κ3) is 3.56. The van der Waals surface area contributed by atoms with Crippen LogP contribution in [-0.2, 0) is 11.3 Å². The molecule has 118 valence electrons. The minimum absolute atomic E-state index is 0.0243. The van der Waals surface area contributed by atoms with Crippen LogP contribution in [0.1, 0.15) is 33.8 Å². The van der Waals surface area contributed by atoms with Crippen molar-refractivity contribution in [3.8, 4) is 0 Å². The predicted molar refractivity (Wildman–Crippen MR) is 84.1 cm³/mol. The summed E-state index contributed by atoms with van der Waals surface area (Å²) in [4.78, 5) is 23.3. The number of nitrogens with two attached hydrogens (primary N) is 1. The molecule has 4 nitrogen and oxygen atoms in total. The molecule has 0 unspecified atom stereocenters. The zero-order valence-electron chi connectivity index (χ0n) is 12.5. The summed E-state index contributed by atoms with van der Waals surface area (Å²) in [6.07, 6.45) is 0.777. The van der Waals surface area contributed by atoms with E-state index >= 15 is 0 Å². The molecule has 2 aromatic rings. The van der Waals surface area contributed by atoms with E-state index in [4.69, 9.17) is 5.73 Å². The third-order valence-electron chi connectivity index (χ3n) is 4.10. The molecule has 5 heteroatoms. The molecule has 0 aromatic heterocycles. The average molecular weight is 312 g/mol. The topological polar surface area (TPSA) is 72.2 Å². The maximum absolute atomic E-state index is 12.9. The first-order valence-electron chi connectivity index (χ1n) is 7.46. The van der Waals surface area contributed by atoms with Crippen LogP contribution in [-0.4, -0.2) is 11.8 Å². The van der Waals surface area contributed by atoms with Crippen molar-refractivity contribution in [2.45, 2.75) is 18.9 Å². The molecule has 23 heavy (non-hydrogen) atoms. The van der Waals surface area contributed by atoms with Gasteiger partial charge in [0.1, 0.15) is 5.82 Å². The number of benzene rings is 2. The summed E-state index contributed by atoms with van der Waals surface area (Å²) in [6, 6.07) is 13.2. The first-order chi connectivity index (χ1) is 11.0. The lowest BCUT2D eigenvalue weighted by Crippen LogP contribution is -2.25. The fourth-order valence-corrected chi connectivity index (χ4v) is 2.72. The van der Waals surface area contributed by atoms with Crippen molar-refractivity contribution in [1.82, 2.24) is 5.32 Å². The van der Waals surface area contributed by atoms with Gasteiger partial charge in [0.2, 0.25) is 11.8 Å². The van der Waals surface area contributed by atoms with E-state index in [1.807, 2.05) is 6.07 Å². The van der Waals surface area contributed by atoms with Gasteiger partial charge >= 0.3 is 0 Å². The second-order valence-corrected chi connectivity index (χ2v) is 5.78. The molecule has 1 aliphatic rings. The SMILES string of the molecule is NC(=O)c1cccc(CNC(=O)[C@H]2C[C@@H]2c2ccc(F)cc2)c1. The zero-order chi connectivity index (χ0) is 16.4. The van der Waals surface area contributed by atoms with Crippen LogP contribution >= 0.6 is 0 Å². The van der Waals surface area contributed by atoms with E-state index in [9.17, 15) is 14.0 Å². The Balaban J connectivity index is 1.56. The summed E-state index contributed by atoms with van der Waals surface area (Å²) >= 11 is 0. The summed E-state index contributed by atoms with van der Waals surface area (Å²) in [5.74, 6) is -0.697. The lowest BCUT2D eigenvalue weighted by atomic mass is 10.1. The highest BCUT2D eigenvalue weighted by molar-refractivity contribution is 5.92. The molecule has 0 heterocycles. The van der Waals surface area contributed by atoms with Gasteiger partial charge in [0.05, 0.1) is 0 Å². The van der Waals surface area contributed by atoms with E-state index in [1.165, 1.54) is 12.1 Å². The minimum Gasteiger partial charge on any atom is -0.366 e. The number of carbonyl (C=O) groups is 2. The van der Waals surface area contributed by atoms with Gasteiger partial charge in [0.15, 0.2) is 0 Å². The first-order valence-corrected chi connectivity index (χ1v) is 7.46. The van der Waals surface area contributed by atoms with Crippen LogP contribution in [0.4, 0.5) is 4.39 Å². The van der Waals surface area contributed by atoms with E-state index < -0.39 is 5.91 Å². The van der Waals surface area contributed by atoms with Crippen molar-refractivity contribution in [3.63, 3.8) is 0 Å². The Morgan fingerprint density at radius 1 is 1.17 bits per heavy atom. The smallest absolute Gasteiger partial charge is 0.248 e. The molecule has 2 aromatic carbocycles. The quantitative estimate of drug-likeness (QED) is 0.889. The minimum atomic E-state index is -0.489. The molecule has 1 fully saturated rings. The van der Waals surface area contributed by atoms with Gasteiger partial charge in [-0.3, -0.25) is 9.59 Å². The Bertz CT molecular complexity index is 743. The Kier molecular flexibility index (Phi) is 4.10. The maximum Gasteiger partial charge on any atom is 0.248 e. The molecule has 3 rings (SSSR count). The van der Waals surface area contributed by atoms with Crippen LogP contribution in [0.5, 0.6) is 0 Å². The van der Waals surface area contributed by atoms with Crippen LogP contribution in [0, 0.1) is 11.7 Å². The van der Waals surface area contributed by atoms with Crippen molar-refractivity contribution in [2.75, 3.05) is 0 Å². The second-order valence-electron chi connectivity index (χ2n) is 5.78. The van der Waals surface area contributed by atoms with Gasteiger partial charge in [-0.05, 0) is 47.7 Å². The Hall–Kier alpha value is -2.69. The number of hydrogen-bond donors (Lipinski definition) is 2. The van der Waals surface area contributed by atoms with Gasteiger partial charge in [-0.1, -0.05) is 24.3 Å². The fraction of sp³-hybridized carbons (Fsp3) is 0.222. The molecule has 0 bridgehead atoms. The number of amides is 2. The standard InChI is InChI=1S/C18H17FN2O2/c19-14-6-4-12(5-7-14)15-9-16(15)18(23)21-10-11-2-1-3-13(8-11)17(20)22/h1-8,15-16H,9-10H2,(H2,20,22)(H,21,23)/t15-,16+/m1/s1. The highest BCUT2D eigenvalue weighted by Gasteiger charge is 2.43. The normalized spacial score (nSPS) is 19.2. The molecular weight excluding hydrogens is 295 g/mol. The molecule has 1 saturated carbocycles. The fourth-order valence-electron chi connectivity index (χ4n) is 2.72. The molecule has 0 radical (unpaired) electrons. The molecule has 3 N–H and O–H groups in total. The predicted octanol–water partition coefficient (Wildman–Crippen LogP) is 2.34. The first kappa shape index (κ1) is 15.2. The van der Waals surface area contributed by atoms with Gasteiger partial charge in [0, 0.05) is 18.0 Å². The Labute approximate surface area is 133 Å². The molecule has 1 aliphatic carbocycles. The number of primary amides is 1. The number of halogens is 1. The summed E-state index contributed by atoms with van der Waals surface area (Å²) in [6.45, 7) is 0.354. The molecular formula is C18H17FN2O2. The number of rotatable bonds is 5. The summed E-state index contributed by atoms with van der Waals surface area (Å²) in [7, 11) is 0. The summed E-state index contributed by atoms with van der Waals surface area (Å²) in [5, 5.41) is 2.87. The Morgan fingerprint density at radius 2 is 1.91 bits per heavy atom. The van der Waals surface area contributed by atoms with E-state index in [2.05, 4.69) is 5.32 Å². The van der Waals surface area contributed by atoms with Crippen LogP contribution in [0.3, 0.4) is 0 Å². The van der Waals surface area contributed by atoms with Crippen LogP contribution in [0.25, 0.3) is 0 Å². The molecule has 2 amide bonds. The lowest BCUT2D eigenvalue weighted by molar-refractivity contribution is -0.122. The van der Waals surface area contributed by atoms with E-state index in [1.54, 1.807) is 30.3 Å². The number of carbonyl (C=O) groups excluding carboxylic acids is 2. The maximum atomic E-state index is 12.9. The van der Waals surface area contributed by atoms with Gasteiger partial charge in [-0.25, -0.2) is 4.39 Å². The van der Waals surface area contributed by atoms with Crippen LogP contribution in [0.15, 0.2) is 48.5 Å². The molecule has 0 spiro atoms. The van der Waals surface area contributed by atoms with E-state index in [-0.39, 0.29) is 23.6 Å². The van der Waals surface area contributed by atoms with Crippen molar-refractivity contribution in [1.29, 1.82) is 0 Å². The van der Waals surface area contributed by atoms with Crippen molar-refractivity contribution in [3.05, 3.63) is 71.0 Å². The number of nitrogens with one attached hydrogen (secondary N) is 1. The monoisotopic (exact) mass is 312 g/mol. The molecule has 2 atom stereocenters. The Morgan fingerprint density at radius 3 is 2.61 bits per heavy atom. The third-order valence-corrected chi connectivity index (χ3v) is 4.10. The highest BCUT2D eigenvalue weighted by Crippen LogP contribution is 2.47. The number of hydrogen-bond acceptors (Lipinski definition) is 2. The van der Waals surface area contributed by atoms with Crippen LogP contribution < -0.4 is 11.1 Å². The van der Waals surface area contributed by atoms with Gasteiger partial charge in [-0.15, -0.1) is 0 Å². The van der Waals surface area contributed by atoms with Crippen molar-refractivity contribution >= 4 is 11.8 Å². The zero-order valence-corrected chi connectivity index (χ0v) is 12.5. The molecule has 0 saturated heterocycles. The lowest BCUT2D eigenvalue weighted by Gasteiger charge is -2.06. The largest absolute Gasteiger partial charge is 0.366 e. The highest BCUT2D eigenvalue weighted by atomic mass is 19.1. The summed E-state index contributed by atoms with van der Waals surface area (Å²) < 4.78 is 12.9. The van der Waals surface area contributed by atoms with E-state index in [0.29, 0.717) is 12.1 Å².